The number of methoxy groups -OCH3 is 1. The first kappa shape index (κ1) is 10.9. The molecule has 0 fully saturated rings. The topological polar surface area (TPSA) is 76.8 Å². The zero-order chi connectivity index (χ0) is 11.5. The van der Waals surface area contributed by atoms with Gasteiger partial charge in [-0.05, 0) is 18.2 Å². The first-order valence-electron chi connectivity index (χ1n) is 4.66. The molecule has 0 amide bonds. The predicted octanol–water partition coefficient (Wildman–Crippen LogP) is 1.85. The quantitative estimate of drug-likeness (QED) is 0.800. The van der Waals surface area contributed by atoms with E-state index in [9.17, 15) is 0 Å². The second kappa shape index (κ2) is 4.51. The van der Waals surface area contributed by atoms with Crippen molar-refractivity contribution in [1.82, 2.24) is 15.2 Å². The molecule has 1 aromatic heterocycles. The number of ether oxygens (including phenoxy) is 1. The molecule has 0 spiro atoms. The van der Waals surface area contributed by atoms with Crippen LogP contribution < -0.4 is 5.73 Å². The minimum absolute atomic E-state index is 0.358. The summed E-state index contributed by atoms with van der Waals surface area (Å²) in [6, 6.07) is 5.21. The minimum atomic E-state index is 0.358. The fraction of sp³-hybridized carbons (Fsp3) is 0.200. The summed E-state index contributed by atoms with van der Waals surface area (Å²) in [4.78, 5) is 4.24. The summed E-state index contributed by atoms with van der Waals surface area (Å²) in [5, 5.41) is 7.39. The molecule has 0 unspecified atom stereocenters. The molecule has 0 atom stereocenters. The number of nitrogen functional groups attached to an aromatic ring is 1. The van der Waals surface area contributed by atoms with Gasteiger partial charge in [0.05, 0.1) is 0 Å². The number of hydrogen-bond acceptors (Lipinski definition) is 4. The second-order valence-corrected chi connectivity index (χ2v) is 3.70. The van der Waals surface area contributed by atoms with Crippen LogP contribution >= 0.6 is 11.6 Å². The van der Waals surface area contributed by atoms with Gasteiger partial charge in [-0.1, -0.05) is 11.6 Å². The van der Waals surface area contributed by atoms with Crippen LogP contribution in [0.5, 0.6) is 0 Å². The van der Waals surface area contributed by atoms with E-state index in [-0.39, 0.29) is 0 Å². The van der Waals surface area contributed by atoms with Crippen LogP contribution in [-0.4, -0.2) is 22.3 Å². The Morgan fingerprint density at radius 1 is 1.50 bits per heavy atom. The van der Waals surface area contributed by atoms with E-state index in [0.29, 0.717) is 29.0 Å². The third-order valence-electron chi connectivity index (χ3n) is 2.08. The van der Waals surface area contributed by atoms with Crippen LogP contribution in [0.1, 0.15) is 5.82 Å². The van der Waals surface area contributed by atoms with Crippen molar-refractivity contribution in [3.05, 3.63) is 29.0 Å². The molecule has 0 aliphatic heterocycles. The van der Waals surface area contributed by atoms with Crippen LogP contribution in [0, 0.1) is 0 Å². The van der Waals surface area contributed by atoms with Crippen molar-refractivity contribution in [2.45, 2.75) is 6.61 Å². The summed E-state index contributed by atoms with van der Waals surface area (Å²) in [7, 11) is 1.59. The normalized spacial score (nSPS) is 10.6. The van der Waals surface area contributed by atoms with E-state index in [1.807, 2.05) is 0 Å². The minimum Gasteiger partial charge on any atom is -0.398 e. The van der Waals surface area contributed by atoms with Gasteiger partial charge in [0, 0.05) is 23.4 Å². The number of aromatic amines is 1. The van der Waals surface area contributed by atoms with Crippen molar-refractivity contribution in [3.63, 3.8) is 0 Å². The number of halogens is 1. The predicted molar refractivity (Wildman–Crippen MR) is 62.0 cm³/mol. The van der Waals surface area contributed by atoms with Gasteiger partial charge in [-0.3, -0.25) is 5.10 Å². The number of anilines is 1. The molecule has 5 nitrogen and oxygen atoms in total. The number of H-pyrrole nitrogens is 1. The Balaban J connectivity index is 2.38. The first-order chi connectivity index (χ1) is 7.70. The number of nitrogens with one attached hydrogen (secondary N) is 1. The number of rotatable bonds is 3. The summed E-state index contributed by atoms with van der Waals surface area (Å²) >= 11 is 5.89. The fourth-order valence-electron chi connectivity index (χ4n) is 1.34. The summed E-state index contributed by atoms with van der Waals surface area (Å²) in [5.74, 6) is 1.17. The first-order valence-corrected chi connectivity index (χ1v) is 5.04. The second-order valence-electron chi connectivity index (χ2n) is 3.26. The van der Waals surface area contributed by atoms with E-state index in [1.165, 1.54) is 0 Å². The van der Waals surface area contributed by atoms with Gasteiger partial charge >= 0.3 is 0 Å². The van der Waals surface area contributed by atoms with E-state index in [0.717, 1.165) is 5.56 Å². The molecule has 84 valence electrons. The summed E-state index contributed by atoms with van der Waals surface area (Å²) in [6.45, 7) is 0.358. The molecule has 0 bridgehead atoms. The molecule has 0 saturated heterocycles. The lowest BCUT2D eigenvalue weighted by Crippen LogP contribution is -1.92. The van der Waals surface area contributed by atoms with Crippen LogP contribution in [0.3, 0.4) is 0 Å². The lowest BCUT2D eigenvalue weighted by Gasteiger charge is -2.01. The molecule has 6 heteroatoms. The Kier molecular flexibility index (Phi) is 3.07. The SMILES string of the molecule is COCc1n[nH]c(-c2cc(Cl)ccc2N)n1. The molecule has 1 heterocycles. The van der Waals surface area contributed by atoms with Crippen LogP contribution in [0.25, 0.3) is 11.4 Å². The lowest BCUT2D eigenvalue weighted by molar-refractivity contribution is 0.178. The Bertz CT molecular complexity index is 497. The largest absolute Gasteiger partial charge is 0.398 e. The number of hydrogen-bond donors (Lipinski definition) is 2. The number of nitrogens with two attached hydrogens (primary N) is 1. The Labute approximate surface area is 97.6 Å². The maximum Gasteiger partial charge on any atom is 0.176 e. The maximum atomic E-state index is 5.89. The number of aromatic nitrogens is 3. The van der Waals surface area contributed by atoms with Crippen LogP contribution in [-0.2, 0) is 11.3 Å². The van der Waals surface area contributed by atoms with E-state index >= 15 is 0 Å². The molecule has 16 heavy (non-hydrogen) atoms. The summed E-state index contributed by atoms with van der Waals surface area (Å²) < 4.78 is 4.93. The smallest absolute Gasteiger partial charge is 0.176 e. The van der Waals surface area contributed by atoms with E-state index in [4.69, 9.17) is 22.1 Å². The lowest BCUT2D eigenvalue weighted by atomic mass is 10.2. The van der Waals surface area contributed by atoms with Crippen molar-refractivity contribution in [2.75, 3.05) is 12.8 Å². The Morgan fingerprint density at radius 2 is 2.31 bits per heavy atom. The monoisotopic (exact) mass is 238 g/mol. The number of benzene rings is 1. The van der Waals surface area contributed by atoms with Gasteiger partial charge < -0.3 is 10.5 Å². The van der Waals surface area contributed by atoms with Crippen molar-refractivity contribution < 1.29 is 4.74 Å². The maximum absolute atomic E-state index is 5.89. The molecule has 0 aliphatic rings. The van der Waals surface area contributed by atoms with Crippen LogP contribution in [0.15, 0.2) is 18.2 Å². The molecule has 2 rings (SSSR count). The van der Waals surface area contributed by atoms with Gasteiger partial charge in [-0.2, -0.15) is 5.10 Å². The highest BCUT2D eigenvalue weighted by Gasteiger charge is 2.09. The molecule has 1 aromatic carbocycles. The van der Waals surface area contributed by atoms with Crippen molar-refractivity contribution in [3.8, 4) is 11.4 Å². The van der Waals surface area contributed by atoms with E-state index in [1.54, 1.807) is 25.3 Å². The fourth-order valence-corrected chi connectivity index (χ4v) is 1.52. The molecule has 3 N–H and O–H groups in total. The van der Waals surface area contributed by atoms with Crippen molar-refractivity contribution in [1.29, 1.82) is 0 Å². The highest BCUT2D eigenvalue weighted by molar-refractivity contribution is 6.31. The highest BCUT2D eigenvalue weighted by Crippen LogP contribution is 2.25. The van der Waals surface area contributed by atoms with Gasteiger partial charge in [0.2, 0.25) is 0 Å². The molecule has 0 aliphatic carbocycles. The number of nitrogens with zero attached hydrogens (tertiary/aromatic N) is 2. The van der Waals surface area contributed by atoms with Gasteiger partial charge in [-0.25, -0.2) is 4.98 Å². The standard InChI is InChI=1S/C10H11ClN4O/c1-16-5-9-13-10(15-14-9)7-4-6(11)2-3-8(7)12/h2-4H,5,12H2,1H3,(H,13,14,15). The average Bonchev–Trinajstić information content (AvgIpc) is 2.71. The van der Waals surface area contributed by atoms with E-state index in [2.05, 4.69) is 15.2 Å². The molecular formula is C10H11ClN4O. The third kappa shape index (κ3) is 2.15. The molecular weight excluding hydrogens is 228 g/mol. The zero-order valence-corrected chi connectivity index (χ0v) is 9.45. The summed E-state index contributed by atoms with van der Waals surface area (Å²) in [6.07, 6.45) is 0. The molecule has 0 radical (unpaired) electrons. The third-order valence-corrected chi connectivity index (χ3v) is 2.31. The van der Waals surface area contributed by atoms with E-state index < -0.39 is 0 Å². The van der Waals surface area contributed by atoms with Crippen molar-refractivity contribution in [2.24, 2.45) is 0 Å². The zero-order valence-electron chi connectivity index (χ0n) is 8.70. The van der Waals surface area contributed by atoms with Crippen molar-refractivity contribution >= 4 is 17.3 Å². The van der Waals surface area contributed by atoms with Gasteiger partial charge in [0.25, 0.3) is 0 Å². The van der Waals surface area contributed by atoms with Crippen LogP contribution in [0.4, 0.5) is 5.69 Å². The molecule has 0 saturated carbocycles. The highest BCUT2D eigenvalue weighted by atomic mass is 35.5. The van der Waals surface area contributed by atoms with Gasteiger partial charge in [-0.15, -0.1) is 0 Å². The van der Waals surface area contributed by atoms with Crippen LogP contribution in [0.2, 0.25) is 5.02 Å². The Morgan fingerprint density at radius 3 is 3.06 bits per heavy atom. The average molecular weight is 239 g/mol. The van der Waals surface area contributed by atoms with Gasteiger partial charge in [0.15, 0.2) is 11.6 Å². The molecule has 2 aromatic rings. The Hall–Kier alpha value is -1.59. The van der Waals surface area contributed by atoms with Gasteiger partial charge in [0.1, 0.15) is 6.61 Å². The summed E-state index contributed by atoms with van der Waals surface area (Å²) in [5.41, 5.74) is 7.17.